The van der Waals surface area contributed by atoms with Gasteiger partial charge in [0.05, 0.1) is 12.2 Å². The number of carbonyl (C=O) groups excluding carboxylic acids is 2. The Hall–Kier alpha value is -3.12. The van der Waals surface area contributed by atoms with Gasteiger partial charge in [0.25, 0.3) is 11.8 Å². The van der Waals surface area contributed by atoms with Crippen LogP contribution in [0.1, 0.15) is 45.5 Å². The number of nitrogens with one attached hydrogen (secondary N) is 1. The highest BCUT2D eigenvalue weighted by molar-refractivity contribution is 9.10. The van der Waals surface area contributed by atoms with Crippen molar-refractivity contribution in [2.75, 3.05) is 25.0 Å². The van der Waals surface area contributed by atoms with Crippen LogP contribution in [0.2, 0.25) is 0 Å². The van der Waals surface area contributed by atoms with E-state index < -0.39 is 0 Å². The number of rotatable bonds is 7. The van der Waals surface area contributed by atoms with E-state index in [1.54, 1.807) is 36.4 Å². The fourth-order valence-corrected chi connectivity index (χ4v) is 4.30. The third kappa shape index (κ3) is 6.23. The van der Waals surface area contributed by atoms with Crippen molar-refractivity contribution in [2.45, 2.75) is 25.7 Å². The number of likely N-dealkylation sites (tertiary alicyclic amines) is 1. The van der Waals surface area contributed by atoms with Crippen molar-refractivity contribution in [2.24, 2.45) is 0 Å². The molecule has 0 atom stereocenters. The lowest BCUT2D eigenvalue weighted by atomic mass is 10.1. The zero-order valence-electron chi connectivity index (χ0n) is 18.4. The van der Waals surface area contributed by atoms with Gasteiger partial charge >= 0.3 is 0 Å². The van der Waals surface area contributed by atoms with Gasteiger partial charge in [0, 0.05) is 35.2 Å². The van der Waals surface area contributed by atoms with Crippen molar-refractivity contribution in [3.05, 3.63) is 94.0 Å². The average Bonchev–Trinajstić information content (AvgIpc) is 2.86. The lowest BCUT2D eigenvalue weighted by Crippen LogP contribution is -2.35. The van der Waals surface area contributed by atoms with Crippen LogP contribution in [0.15, 0.2) is 77.3 Å². The van der Waals surface area contributed by atoms with Crippen LogP contribution in [0, 0.1) is 0 Å². The molecule has 1 aliphatic heterocycles. The summed E-state index contributed by atoms with van der Waals surface area (Å²) in [6.45, 7) is 2.04. The third-order valence-corrected chi connectivity index (χ3v) is 6.18. The second-order valence-electron chi connectivity index (χ2n) is 8.11. The van der Waals surface area contributed by atoms with Gasteiger partial charge in [-0.1, -0.05) is 52.3 Å². The first-order chi connectivity index (χ1) is 16.1. The first kappa shape index (κ1) is 23.1. The largest absolute Gasteiger partial charge is 0.492 e. The molecule has 0 saturated carbocycles. The Labute approximate surface area is 202 Å². The van der Waals surface area contributed by atoms with Crippen LogP contribution >= 0.6 is 15.9 Å². The molecule has 6 heteroatoms. The Morgan fingerprint density at radius 3 is 2.48 bits per heavy atom. The number of ether oxygens (including phenoxy) is 1. The molecule has 5 nitrogen and oxygen atoms in total. The Morgan fingerprint density at radius 1 is 0.909 bits per heavy atom. The summed E-state index contributed by atoms with van der Waals surface area (Å²) in [5.74, 6) is 0.249. The number of benzene rings is 3. The molecule has 0 unspecified atom stereocenters. The van der Waals surface area contributed by atoms with Crippen molar-refractivity contribution in [1.29, 1.82) is 0 Å². The van der Waals surface area contributed by atoms with Crippen molar-refractivity contribution in [3.63, 3.8) is 0 Å². The molecule has 3 aromatic rings. The number of nitrogens with zero attached hydrogens (tertiary/aromatic N) is 1. The predicted molar refractivity (Wildman–Crippen MR) is 134 cm³/mol. The van der Waals surface area contributed by atoms with Gasteiger partial charge in [0.1, 0.15) is 5.75 Å². The highest BCUT2D eigenvalue weighted by Crippen LogP contribution is 2.25. The lowest BCUT2D eigenvalue weighted by molar-refractivity contribution is 0.0724. The second kappa shape index (κ2) is 11.1. The van der Waals surface area contributed by atoms with Crippen molar-refractivity contribution >= 4 is 33.4 Å². The van der Waals surface area contributed by atoms with Crippen molar-refractivity contribution in [3.8, 4) is 5.75 Å². The SMILES string of the molecule is O=C(Nc1cccc(C(=O)N2CCCCC2)c1)c1cc(Br)ccc1OCCc1ccccc1. The molecule has 0 bridgehead atoms. The number of hydrogen-bond donors (Lipinski definition) is 1. The molecule has 1 saturated heterocycles. The highest BCUT2D eigenvalue weighted by atomic mass is 79.9. The maximum absolute atomic E-state index is 13.1. The Bertz CT molecular complexity index is 1110. The second-order valence-corrected chi connectivity index (χ2v) is 9.03. The van der Waals surface area contributed by atoms with Gasteiger partial charge < -0.3 is 15.0 Å². The smallest absolute Gasteiger partial charge is 0.259 e. The van der Waals surface area contributed by atoms with Crippen LogP contribution < -0.4 is 10.1 Å². The highest BCUT2D eigenvalue weighted by Gasteiger charge is 2.19. The first-order valence-corrected chi connectivity index (χ1v) is 12.1. The Balaban J connectivity index is 1.44. The predicted octanol–water partition coefficient (Wildman–Crippen LogP) is 5.95. The zero-order chi connectivity index (χ0) is 23.0. The van der Waals surface area contributed by atoms with Crippen molar-refractivity contribution < 1.29 is 14.3 Å². The van der Waals surface area contributed by atoms with Crippen LogP contribution in [0.5, 0.6) is 5.75 Å². The molecular weight excluding hydrogens is 480 g/mol. The Kier molecular flexibility index (Phi) is 7.79. The summed E-state index contributed by atoms with van der Waals surface area (Å²) in [6.07, 6.45) is 4.00. The van der Waals surface area contributed by atoms with Crippen molar-refractivity contribution in [1.82, 2.24) is 4.90 Å². The van der Waals surface area contributed by atoms with Crippen LogP contribution in [-0.4, -0.2) is 36.4 Å². The molecule has 1 aliphatic rings. The number of anilines is 1. The van der Waals surface area contributed by atoms with E-state index in [9.17, 15) is 9.59 Å². The van der Waals surface area contributed by atoms with Gasteiger partial charge in [0.2, 0.25) is 0 Å². The molecule has 0 radical (unpaired) electrons. The molecule has 1 heterocycles. The summed E-state index contributed by atoms with van der Waals surface area (Å²) < 4.78 is 6.74. The van der Waals surface area contributed by atoms with E-state index in [-0.39, 0.29) is 11.8 Å². The standard InChI is InChI=1S/C27H27BrN2O3/c28-22-12-13-25(33-17-14-20-8-3-1-4-9-20)24(19-22)26(31)29-23-11-7-10-21(18-23)27(32)30-15-5-2-6-16-30/h1,3-4,7-13,18-19H,2,5-6,14-17H2,(H,29,31). The minimum absolute atomic E-state index is 0.0122. The summed E-state index contributed by atoms with van der Waals surface area (Å²) in [5, 5.41) is 2.92. The summed E-state index contributed by atoms with van der Waals surface area (Å²) in [7, 11) is 0. The number of amides is 2. The summed E-state index contributed by atoms with van der Waals surface area (Å²) in [5.41, 5.74) is 2.78. The molecule has 0 spiro atoms. The molecule has 4 rings (SSSR count). The zero-order valence-corrected chi connectivity index (χ0v) is 20.0. The van der Waals surface area contributed by atoms with E-state index in [0.29, 0.717) is 29.2 Å². The van der Waals surface area contributed by atoms with E-state index in [0.717, 1.165) is 36.8 Å². The van der Waals surface area contributed by atoms with Crippen LogP contribution in [0.25, 0.3) is 0 Å². The molecule has 3 aromatic carbocycles. The van der Waals surface area contributed by atoms with E-state index in [4.69, 9.17) is 4.74 Å². The maximum Gasteiger partial charge on any atom is 0.259 e. The minimum Gasteiger partial charge on any atom is -0.492 e. The normalized spacial score (nSPS) is 13.4. The van der Waals surface area contributed by atoms with Crippen LogP contribution in [0.3, 0.4) is 0 Å². The topological polar surface area (TPSA) is 58.6 Å². The number of halogens is 1. The molecule has 1 N–H and O–H groups in total. The van der Waals surface area contributed by atoms with E-state index in [1.165, 1.54) is 12.0 Å². The number of piperidine rings is 1. The Morgan fingerprint density at radius 2 is 1.70 bits per heavy atom. The molecule has 1 fully saturated rings. The first-order valence-electron chi connectivity index (χ1n) is 11.3. The quantitative estimate of drug-likeness (QED) is 0.430. The molecule has 2 amide bonds. The lowest BCUT2D eigenvalue weighted by Gasteiger charge is -2.26. The van der Waals surface area contributed by atoms with Gasteiger partial charge in [-0.3, -0.25) is 9.59 Å². The van der Waals surface area contributed by atoms with Gasteiger partial charge in [0.15, 0.2) is 0 Å². The summed E-state index contributed by atoms with van der Waals surface area (Å²) in [6, 6.07) is 22.6. The van der Waals surface area contributed by atoms with Gasteiger partial charge in [-0.2, -0.15) is 0 Å². The molecular formula is C27H27BrN2O3. The van der Waals surface area contributed by atoms with Crippen LogP contribution in [-0.2, 0) is 6.42 Å². The van der Waals surface area contributed by atoms with Crippen LogP contribution in [0.4, 0.5) is 5.69 Å². The number of hydrogen-bond acceptors (Lipinski definition) is 3. The third-order valence-electron chi connectivity index (χ3n) is 5.69. The van der Waals surface area contributed by atoms with Gasteiger partial charge in [-0.05, 0) is 61.2 Å². The molecule has 33 heavy (non-hydrogen) atoms. The summed E-state index contributed by atoms with van der Waals surface area (Å²) in [4.78, 5) is 27.8. The van der Waals surface area contributed by atoms with Gasteiger partial charge in [-0.25, -0.2) is 0 Å². The maximum atomic E-state index is 13.1. The average molecular weight is 507 g/mol. The fraction of sp³-hybridized carbons (Fsp3) is 0.259. The van der Waals surface area contributed by atoms with E-state index in [2.05, 4.69) is 33.4 Å². The summed E-state index contributed by atoms with van der Waals surface area (Å²) >= 11 is 3.44. The monoisotopic (exact) mass is 506 g/mol. The fourth-order valence-electron chi connectivity index (χ4n) is 3.94. The molecule has 0 aliphatic carbocycles. The van der Waals surface area contributed by atoms with Gasteiger partial charge in [-0.15, -0.1) is 0 Å². The molecule has 0 aromatic heterocycles. The van der Waals surface area contributed by atoms with E-state index >= 15 is 0 Å². The number of carbonyl (C=O) groups is 2. The molecule has 170 valence electrons. The minimum atomic E-state index is -0.284. The van der Waals surface area contributed by atoms with E-state index in [1.807, 2.05) is 29.2 Å².